The van der Waals surface area contributed by atoms with E-state index in [0.29, 0.717) is 18.8 Å². The van der Waals surface area contributed by atoms with Crippen molar-refractivity contribution in [1.82, 2.24) is 14.9 Å². The fourth-order valence-electron chi connectivity index (χ4n) is 2.87. The molecule has 1 N–H and O–H groups in total. The van der Waals surface area contributed by atoms with Crippen molar-refractivity contribution in [2.24, 2.45) is 0 Å². The molecular formula is C18H23N3O2. The molecule has 2 aromatic rings. The van der Waals surface area contributed by atoms with Crippen molar-refractivity contribution in [1.29, 1.82) is 0 Å². The number of rotatable bonds is 6. The highest BCUT2D eigenvalue weighted by atomic mass is 16.5. The Labute approximate surface area is 136 Å². The van der Waals surface area contributed by atoms with Crippen LogP contribution in [0.3, 0.4) is 0 Å². The molecule has 1 aliphatic heterocycles. The van der Waals surface area contributed by atoms with Gasteiger partial charge in [0.05, 0.1) is 18.6 Å². The van der Waals surface area contributed by atoms with Gasteiger partial charge in [-0.15, -0.1) is 0 Å². The molecule has 0 saturated carbocycles. The second kappa shape index (κ2) is 7.42. The Morgan fingerprint density at radius 3 is 2.87 bits per heavy atom. The molecule has 1 fully saturated rings. The number of carbonyl (C=O) groups excluding carboxylic acids is 1. The van der Waals surface area contributed by atoms with E-state index in [2.05, 4.69) is 41.2 Å². The van der Waals surface area contributed by atoms with Gasteiger partial charge in [-0.1, -0.05) is 29.8 Å². The maximum Gasteiger partial charge on any atom is 0.272 e. The molecule has 0 unspecified atom stereocenters. The summed E-state index contributed by atoms with van der Waals surface area (Å²) in [7, 11) is 0. The predicted octanol–water partition coefficient (Wildman–Crippen LogP) is 2.58. The molecule has 1 aromatic heterocycles. The summed E-state index contributed by atoms with van der Waals surface area (Å²) in [6.45, 7) is 4.20. The molecule has 1 aliphatic rings. The average Bonchev–Trinajstić information content (AvgIpc) is 3.26. The minimum absolute atomic E-state index is 0.00916. The van der Waals surface area contributed by atoms with Crippen LogP contribution in [0.2, 0.25) is 0 Å². The third-order valence-corrected chi connectivity index (χ3v) is 4.25. The zero-order chi connectivity index (χ0) is 16.1. The van der Waals surface area contributed by atoms with E-state index in [1.165, 1.54) is 17.5 Å². The molecule has 122 valence electrons. The minimum Gasteiger partial charge on any atom is -0.376 e. The molecule has 0 bridgehead atoms. The van der Waals surface area contributed by atoms with Gasteiger partial charge in [-0.2, -0.15) is 0 Å². The number of aromatic nitrogens is 2. The Balaban J connectivity index is 1.66. The van der Waals surface area contributed by atoms with E-state index in [1.807, 2.05) is 4.90 Å². The number of hydrogen-bond acceptors (Lipinski definition) is 3. The van der Waals surface area contributed by atoms with Crippen molar-refractivity contribution in [3.8, 4) is 0 Å². The third kappa shape index (κ3) is 4.20. The summed E-state index contributed by atoms with van der Waals surface area (Å²) in [6.07, 6.45) is 6.22. The molecule has 5 nitrogen and oxygen atoms in total. The predicted molar refractivity (Wildman–Crippen MR) is 88.3 cm³/mol. The quantitative estimate of drug-likeness (QED) is 0.892. The smallest absolute Gasteiger partial charge is 0.272 e. The summed E-state index contributed by atoms with van der Waals surface area (Å²) in [6, 6.07) is 8.47. The Hall–Kier alpha value is -2.14. The van der Waals surface area contributed by atoms with Gasteiger partial charge in [0.25, 0.3) is 5.91 Å². The SMILES string of the molecule is Cc1ccc(CCN(C[C@@H]2CCCO2)C(=O)c2cnc[nH]2)cc1. The monoisotopic (exact) mass is 313 g/mol. The van der Waals surface area contributed by atoms with Crippen molar-refractivity contribution < 1.29 is 9.53 Å². The first-order valence-corrected chi connectivity index (χ1v) is 8.17. The zero-order valence-electron chi connectivity index (χ0n) is 13.5. The van der Waals surface area contributed by atoms with Gasteiger partial charge in [-0.25, -0.2) is 4.98 Å². The van der Waals surface area contributed by atoms with Gasteiger partial charge in [0.15, 0.2) is 0 Å². The Morgan fingerprint density at radius 2 is 2.22 bits per heavy atom. The fraction of sp³-hybridized carbons (Fsp3) is 0.444. The number of H-pyrrole nitrogens is 1. The van der Waals surface area contributed by atoms with Crippen molar-refractivity contribution in [2.45, 2.75) is 32.3 Å². The van der Waals surface area contributed by atoms with Gasteiger partial charge in [0.1, 0.15) is 5.69 Å². The van der Waals surface area contributed by atoms with Crippen LogP contribution in [0.1, 0.15) is 34.5 Å². The van der Waals surface area contributed by atoms with E-state index in [0.717, 1.165) is 25.9 Å². The first-order valence-electron chi connectivity index (χ1n) is 8.17. The van der Waals surface area contributed by atoms with E-state index >= 15 is 0 Å². The van der Waals surface area contributed by atoms with Gasteiger partial charge in [0, 0.05) is 19.7 Å². The number of amides is 1. The Kier molecular flexibility index (Phi) is 5.08. The third-order valence-electron chi connectivity index (χ3n) is 4.25. The summed E-state index contributed by atoms with van der Waals surface area (Å²) < 4.78 is 5.70. The standard InChI is InChI=1S/C18H23N3O2/c1-14-4-6-15(7-5-14)8-9-21(12-16-3-2-10-23-16)18(22)17-11-19-13-20-17/h4-7,11,13,16H,2-3,8-10,12H2,1H3,(H,19,20)/t16-/m0/s1. The summed E-state index contributed by atoms with van der Waals surface area (Å²) in [5.41, 5.74) is 3.02. The molecule has 5 heteroatoms. The zero-order valence-corrected chi connectivity index (χ0v) is 13.5. The summed E-state index contributed by atoms with van der Waals surface area (Å²) in [4.78, 5) is 21.4. The normalized spacial score (nSPS) is 17.3. The van der Waals surface area contributed by atoms with Crippen LogP contribution >= 0.6 is 0 Å². The summed E-state index contributed by atoms with van der Waals surface area (Å²) in [5, 5.41) is 0. The lowest BCUT2D eigenvalue weighted by molar-refractivity contribution is 0.0525. The average molecular weight is 313 g/mol. The van der Waals surface area contributed by atoms with Crippen LogP contribution in [-0.2, 0) is 11.2 Å². The van der Waals surface area contributed by atoms with Crippen LogP contribution in [0.25, 0.3) is 0 Å². The van der Waals surface area contributed by atoms with Crippen LogP contribution < -0.4 is 0 Å². The molecule has 23 heavy (non-hydrogen) atoms. The molecule has 1 amide bonds. The second-order valence-electron chi connectivity index (χ2n) is 6.09. The van der Waals surface area contributed by atoms with Crippen LogP contribution in [-0.4, -0.2) is 46.6 Å². The lowest BCUT2D eigenvalue weighted by Gasteiger charge is -2.25. The number of aryl methyl sites for hydroxylation is 1. The van der Waals surface area contributed by atoms with E-state index in [1.54, 1.807) is 6.20 Å². The molecule has 1 atom stereocenters. The van der Waals surface area contributed by atoms with Crippen LogP contribution in [0, 0.1) is 6.92 Å². The first kappa shape index (κ1) is 15.7. The number of nitrogens with zero attached hydrogens (tertiary/aromatic N) is 2. The van der Waals surface area contributed by atoms with E-state index in [4.69, 9.17) is 4.74 Å². The number of hydrogen-bond donors (Lipinski definition) is 1. The highest BCUT2D eigenvalue weighted by Gasteiger charge is 2.23. The highest BCUT2D eigenvalue weighted by Crippen LogP contribution is 2.15. The van der Waals surface area contributed by atoms with Crippen molar-refractivity contribution in [3.63, 3.8) is 0 Å². The summed E-state index contributed by atoms with van der Waals surface area (Å²) >= 11 is 0. The van der Waals surface area contributed by atoms with Crippen LogP contribution in [0.4, 0.5) is 0 Å². The topological polar surface area (TPSA) is 58.2 Å². The first-order chi connectivity index (χ1) is 11.2. The summed E-state index contributed by atoms with van der Waals surface area (Å²) in [5.74, 6) is -0.00916. The Morgan fingerprint density at radius 1 is 1.39 bits per heavy atom. The van der Waals surface area contributed by atoms with E-state index in [9.17, 15) is 4.79 Å². The van der Waals surface area contributed by atoms with E-state index in [-0.39, 0.29) is 12.0 Å². The van der Waals surface area contributed by atoms with Gasteiger partial charge in [-0.05, 0) is 31.7 Å². The fourth-order valence-corrected chi connectivity index (χ4v) is 2.87. The number of carbonyl (C=O) groups is 1. The number of benzene rings is 1. The van der Waals surface area contributed by atoms with Crippen LogP contribution in [0.15, 0.2) is 36.8 Å². The minimum atomic E-state index is -0.00916. The molecule has 1 saturated heterocycles. The van der Waals surface area contributed by atoms with E-state index < -0.39 is 0 Å². The van der Waals surface area contributed by atoms with Crippen molar-refractivity contribution in [2.75, 3.05) is 19.7 Å². The number of aromatic amines is 1. The highest BCUT2D eigenvalue weighted by molar-refractivity contribution is 5.92. The molecule has 0 spiro atoms. The molecular weight excluding hydrogens is 290 g/mol. The molecule has 3 rings (SSSR count). The maximum atomic E-state index is 12.7. The lowest BCUT2D eigenvalue weighted by Crippen LogP contribution is -2.39. The molecule has 2 heterocycles. The maximum absolute atomic E-state index is 12.7. The molecule has 0 aliphatic carbocycles. The largest absolute Gasteiger partial charge is 0.376 e. The molecule has 0 radical (unpaired) electrons. The van der Waals surface area contributed by atoms with Gasteiger partial charge in [0.2, 0.25) is 0 Å². The second-order valence-corrected chi connectivity index (χ2v) is 6.09. The Bertz CT molecular complexity index is 616. The van der Waals surface area contributed by atoms with Gasteiger partial charge >= 0.3 is 0 Å². The van der Waals surface area contributed by atoms with Crippen molar-refractivity contribution >= 4 is 5.91 Å². The van der Waals surface area contributed by atoms with Crippen LogP contribution in [0.5, 0.6) is 0 Å². The van der Waals surface area contributed by atoms with Gasteiger partial charge in [-0.3, -0.25) is 4.79 Å². The van der Waals surface area contributed by atoms with Crippen molar-refractivity contribution in [3.05, 3.63) is 53.6 Å². The number of imidazole rings is 1. The number of ether oxygens (including phenoxy) is 1. The molecule has 1 aromatic carbocycles. The number of nitrogens with one attached hydrogen (secondary N) is 1. The lowest BCUT2D eigenvalue weighted by atomic mass is 10.1. The van der Waals surface area contributed by atoms with Gasteiger partial charge < -0.3 is 14.6 Å².